The van der Waals surface area contributed by atoms with Gasteiger partial charge in [-0.05, 0) is 49.9 Å². The average Bonchev–Trinajstić information content (AvgIpc) is 3.02. The van der Waals surface area contributed by atoms with E-state index in [4.69, 9.17) is 11.6 Å². The van der Waals surface area contributed by atoms with Gasteiger partial charge in [-0.2, -0.15) is 0 Å². The van der Waals surface area contributed by atoms with Crippen molar-refractivity contribution in [2.45, 2.75) is 38.3 Å². The summed E-state index contributed by atoms with van der Waals surface area (Å²) in [6.07, 6.45) is -0.777. The lowest BCUT2D eigenvalue weighted by molar-refractivity contribution is -0.127. The number of carbonyl (C=O) groups excluding carboxylic acids is 1. The molecule has 1 aromatic heterocycles. The molecule has 2 atom stereocenters. The molecule has 0 bridgehead atoms. The van der Waals surface area contributed by atoms with Crippen LogP contribution in [0.1, 0.15) is 37.3 Å². The SMILES string of the molecule is CC(NC(=O)C(C)(C)c1cccs1)C(O)c1ccc(Cl)cc1. The van der Waals surface area contributed by atoms with Crippen LogP contribution in [0, 0.1) is 0 Å². The Morgan fingerprint density at radius 2 is 1.91 bits per heavy atom. The molecule has 0 spiro atoms. The minimum atomic E-state index is -0.777. The normalized spacial score (nSPS) is 14.4. The number of aliphatic hydroxyl groups is 1. The van der Waals surface area contributed by atoms with Gasteiger partial charge in [-0.15, -0.1) is 11.3 Å². The van der Waals surface area contributed by atoms with Gasteiger partial charge in [-0.1, -0.05) is 29.8 Å². The highest BCUT2D eigenvalue weighted by Gasteiger charge is 2.32. The Labute approximate surface area is 139 Å². The summed E-state index contributed by atoms with van der Waals surface area (Å²) in [4.78, 5) is 13.5. The van der Waals surface area contributed by atoms with Crippen LogP contribution in [-0.2, 0) is 10.2 Å². The molecule has 22 heavy (non-hydrogen) atoms. The monoisotopic (exact) mass is 337 g/mol. The van der Waals surface area contributed by atoms with E-state index in [-0.39, 0.29) is 5.91 Å². The second-order valence-corrected chi connectivity index (χ2v) is 7.24. The van der Waals surface area contributed by atoms with Crippen molar-refractivity contribution >= 4 is 28.8 Å². The zero-order valence-electron chi connectivity index (χ0n) is 12.8. The number of aliphatic hydroxyl groups excluding tert-OH is 1. The minimum absolute atomic E-state index is 0.101. The standard InChI is InChI=1S/C17H20ClNO2S/c1-11(15(20)12-6-8-13(18)9-7-12)19-16(21)17(2,3)14-5-4-10-22-14/h4-11,15,20H,1-3H3,(H,19,21). The Morgan fingerprint density at radius 3 is 2.45 bits per heavy atom. The van der Waals surface area contributed by atoms with Crippen LogP contribution in [0.5, 0.6) is 0 Å². The van der Waals surface area contributed by atoms with Crippen LogP contribution in [-0.4, -0.2) is 17.1 Å². The Hall–Kier alpha value is -1.36. The fraction of sp³-hybridized carbons (Fsp3) is 0.353. The number of nitrogens with one attached hydrogen (secondary N) is 1. The summed E-state index contributed by atoms with van der Waals surface area (Å²) in [6, 6.07) is 10.5. The predicted molar refractivity (Wildman–Crippen MR) is 91.4 cm³/mol. The first-order chi connectivity index (χ1) is 10.3. The number of carbonyl (C=O) groups is 1. The van der Waals surface area contributed by atoms with Gasteiger partial charge in [0.15, 0.2) is 0 Å². The number of thiophene rings is 1. The van der Waals surface area contributed by atoms with Crippen molar-refractivity contribution in [2.75, 3.05) is 0 Å². The smallest absolute Gasteiger partial charge is 0.231 e. The van der Waals surface area contributed by atoms with E-state index >= 15 is 0 Å². The number of benzene rings is 1. The van der Waals surface area contributed by atoms with Crippen molar-refractivity contribution < 1.29 is 9.90 Å². The van der Waals surface area contributed by atoms with E-state index in [1.54, 1.807) is 42.5 Å². The summed E-state index contributed by atoms with van der Waals surface area (Å²) in [6.45, 7) is 5.56. The molecule has 0 saturated carbocycles. The van der Waals surface area contributed by atoms with Crippen LogP contribution in [0.3, 0.4) is 0 Å². The van der Waals surface area contributed by atoms with Crippen molar-refractivity contribution in [1.29, 1.82) is 0 Å². The molecule has 118 valence electrons. The maximum atomic E-state index is 12.5. The molecule has 0 aliphatic heterocycles. The molecule has 2 N–H and O–H groups in total. The van der Waals surface area contributed by atoms with Crippen molar-refractivity contribution in [3.05, 3.63) is 57.2 Å². The van der Waals surface area contributed by atoms with E-state index in [0.29, 0.717) is 5.02 Å². The number of rotatable bonds is 5. The first kappa shape index (κ1) is 17.0. The summed E-state index contributed by atoms with van der Waals surface area (Å²) in [7, 11) is 0. The van der Waals surface area contributed by atoms with E-state index in [1.807, 2.05) is 31.4 Å². The first-order valence-corrected chi connectivity index (χ1v) is 8.36. The molecular formula is C17H20ClNO2S. The first-order valence-electron chi connectivity index (χ1n) is 7.11. The van der Waals surface area contributed by atoms with Crippen LogP contribution in [0.25, 0.3) is 0 Å². The van der Waals surface area contributed by atoms with Gasteiger partial charge in [0.25, 0.3) is 0 Å². The van der Waals surface area contributed by atoms with Gasteiger partial charge in [0.1, 0.15) is 0 Å². The Kier molecular flexibility index (Phi) is 5.27. The van der Waals surface area contributed by atoms with E-state index in [2.05, 4.69) is 5.32 Å². The molecule has 2 rings (SSSR count). The fourth-order valence-corrected chi connectivity index (χ4v) is 3.14. The molecule has 5 heteroatoms. The average molecular weight is 338 g/mol. The van der Waals surface area contributed by atoms with E-state index < -0.39 is 17.6 Å². The summed E-state index contributed by atoms with van der Waals surface area (Å²) in [5.41, 5.74) is 0.105. The zero-order chi connectivity index (χ0) is 16.3. The molecule has 1 amide bonds. The van der Waals surface area contributed by atoms with Gasteiger partial charge < -0.3 is 10.4 Å². The van der Waals surface area contributed by atoms with Gasteiger partial charge in [0, 0.05) is 9.90 Å². The molecule has 0 radical (unpaired) electrons. The van der Waals surface area contributed by atoms with Crippen molar-refractivity contribution in [3.63, 3.8) is 0 Å². The number of hydrogen-bond donors (Lipinski definition) is 2. The maximum Gasteiger partial charge on any atom is 0.231 e. The summed E-state index contributed by atoms with van der Waals surface area (Å²) < 4.78 is 0. The van der Waals surface area contributed by atoms with Gasteiger partial charge in [-0.25, -0.2) is 0 Å². The molecular weight excluding hydrogens is 318 g/mol. The Balaban J connectivity index is 2.06. The van der Waals surface area contributed by atoms with E-state index in [9.17, 15) is 9.90 Å². The largest absolute Gasteiger partial charge is 0.386 e. The highest BCUT2D eigenvalue weighted by Crippen LogP contribution is 2.28. The van der Waals surface area contributed by atoms with Gasteiger partial charge >= 0.3 is 0 Å². The molecule has 0 saturated heterocycles. The second kappa shape index (κ2) is 6.82. The van der Waals surface area contributed by atoms with Crippen molar-refractivity contribution in [2.24, 2.45) is 0 Å². The van der Waals surface area contributed by atoms with Crippen LogP contribution in [0.2, 0.25) is 5.02 Å². The van der Waals surface area contributed by atoms with Gasteiger partial charge in [0.05, 0.1) is 17.6 Å². The molecule has 2 unspecified atom stereocenters. The van der Waals surface area contributed by atoms with Crippen molar-refractivity contribution in [1.82, 2.24) is 5.32 Å². The third kappa shape index (κ3) is 3.69. The summed E-state index contributed by atoms with van der Waals surface area (Å²) in [5.74, 6) is -0.101. The molecule has 0 aliphatic carbocycles. The van der Waals surface area contributed by atoms with Crippen LogP contribution < -0.4 is 5.32 Å². The molecule has 1 aromatic carbocycles. The third-order valence-electron chi connectivity index (χ3n) is 3.75. The van der Waals surface area contributed by atoms with Gasteiger partial charge in [0.2, 0.25) is 5.91 Å². The highest BCUT2D eigenvalue weighted by atomic mass is 35.5. The molecule has 2 aromatic rings. The molecule has 0 fully saturated rings. The van der Waals surface area contributed by atoms with Crippen LogP contribution >= 0.6 is 22.9 Å². The maximum absolute atomic E-state index is 12.5. The third-order valence-corrected chi connectivity index (χ3v) is 5.19. The number of halogens is 1. The number of hydrogen-bond acceptors (Lipinski definition) is 3. The zero-order valence-corrected chi connectivity index (χ0v) is 14.4. The molecule has 1 heterocycles. The lowest BCUT2D eigenvalue weighted by Gasteiger charge is -2.27. The topological polar surface area (TPSA) is 49.3 Å². The van der Waals surface area contributed by atoms with Gasteiger partial charge in [-0.3, -0.25) is 4.79 Å². The van der Waals surface area contributed by atoms with Crippen molar-refractivity contribution in [3.8, 4) is 0 Å². The molecule has 0 aliphatic rings. The molecule has 3 nitrogen and oxygen atoms in total. The Bertz CT molecular complexity index is 623. The highest BCUT2D eigenvalue weighted by molar-refractivity contribution is 7.10. The predicted octanol–water partition coefficient (Wildman–Crippen LogP) is 3.92. The number of amides is 1. The summed E-state index contributed by atoms with van der Waals surface area (Å²) in [5, 5.41) is 15.8. The van der Waals surface area contributed by atoms with E-state index in [1.165, 1.54) is 0 Å². The Morgan fingerprint density at radius 1 is 1.27 bits per heavy atom. The van der Waals surface area contributed by atoms with Crippen LogP contribution in [0.4, 0.5) is 0 Å². The lowest BCUT2D eigenvalue weighted by Crippen LogP contribution is -2.45. The fourth-order valence-electron chi connectivity index (χ4n) is 2.16. The summed E-state index contributed by atoms with van der Waals surface area (Å²) >= 11 is 7.40. The lowest BCUT2D eigenvalue weighted by atomic mass is 9.89. The second-order valence-electron chi connectivity index (χ2n) is 5.86. The quantitative estimate of drug-likeness (QED) is 0.868. The van der Waals surface area contributed by atoms with Crippen LogP contribution in [0.15, 0.2) is 41.8 Å². The minimum Gasteiger partial charge on any atom is -0.386 e. The van der Waals surface area contributed by atoms with E-state index in [0.717, 1.165) is 10.4 Å².